The molecule has 1 aliphatic rings. The zero-order valence-corrected chi connectivity index (χ0v) is 15.0. The number of amides is 1. The van der Waals surface area contributed by atoms with Crippen LogP contribution in [0.15, 0.2) is 42.5 Å². The van der Waals surface area contributed by atoms with E-state index in [4.69, 9.17) is 4.74 Å². The predicted octanol–water partition coefficient (Wildman–Crippen LogP) is 3.67. The average molecular weight is 392 g/mol. The number of nitrogens with one attached hydrogen (secondary N) is 1. The van der Waals surface area contributed by atoms with Gasteiger partial charge in [0.05, 0.1) is 18.1 Å². The maximum atomic E-state index is 12.6. The van der Waals surface area contributed by atoms with Gasteiger partial charge in [0.2, 0.25) is 0 Å². The molecule has 1 saturated carbocycles. The van der Waals surface area contributed by atoms with Crippen molar-refractivity contribution in [3.8, 4) is 11.5 Å². The Balaban J connectivity index is 1.83. The lowest BCUT2D eigenvalue weighted by Crippen LogP contribution is -2.32. The molecular weight excluding hydrogens is 374 g/mol. The average Bonchev–Trinajstić information content (AvgIpc) is 3.47. The Morgan fingerprint density at radius 1 is 1.25 bits per heavy atom. The molecule has 1 fully saturated rings. The number of benzene rings is 2. The standard InChI is InChI=1S/C19H18F2N2O5/c1-27-15-9-13(14(23(25)26)10-16(15)28-18(20)21)17(24)22-11-19(7-8-19)12-5-3-2-4-6-12/h2-6,9-10,18H,7-8,11H2,1H3,(H,22,24). The highest BCUT2D eigenvalue weighted by molar-refractivity contribution is 5.99. The number of nitrogens with zero attached hydrogens (tertiary/aromatic N) is 1. The summed E-state index contributed by atoms with van der Waals surface area (Å²) in [5.74, 6) is -1.39. The molecule has 0 radical (unpaired) electrons. The van der Waals surface area contributed by atoms with Crippen molar-refractivity contribution < 1.29 is 28.0 Å². The third kappa shape index (κ3) is 4.03. The molecule has 1 amide bonds. The van der Waals surface area contributed by atoms with Crippen LogP contribution in [-0.2, 0) is 5.41 Å². The van der Waals surface area contributed by atoms with Crippen LogP contribution in [0.5, 0.6) is 11.5 Å². The van der Waals surface area contributed by atoms with Gasteiger partial charge in [-0.25, -0.2) is 0 Å². The number of nitro benzene ring substituents is 1. The summed E-state index contributed by atoms with van der Waals surface area (Å²) >= 11 is 0. The van der Waals surface area contributed by atoms with Gasteiger partial charge in [0, 0.05) is 18.0 Å². The number of hydrogen-bond acceptors (Lipinski definition) is 5. The lowest BCUT2D eigenvalue weighted by molar-refractivity contribution is -0.385. The Labute approximate surface area is 159 Å². The van der Waals surface area contributed by atoms with Crippen LogP contribution in [0, 0.1) is 10.1 Å². The topological polar surface area (TPSA) is 90.7 Å². The van der Waals surface area contributed by atoms with Crippen molar-refractivity contribution in [3.05, 3.63) is 63.7 Å². The van der Waals surface area contributed by atoms with Crippen LogP contribution < -0.4 is 14.8 Å². The minimum Gasteiger partial charge on any atom is -0.493 e. The van der Waals surface area contributed by atoms with E-state index < -0.39 is 28.9 Å². The molecule has 0 saturated heterocycles. The molecule has 9 heteroatoms. The number of ether oxygens (including phenoxy) is 2. The minimum atomic E-state index is -3.19. The first-order valence-corrected chi connectivity index (χ1v) is 8.51. The molecule has 0 unspecified atom stereocenters. The van der Waals surface area contributed by atoms with E-state index in [1.54, 1.807) is 0 Å². The van der Waals surface area contributed by atoms with Gasteiger partial charge < -0.3 is 14.8 Å². The van der Waals surface area contributed by atoms with E-state index >= 15 is 0 Å². The van der Waals surface area contributed by atoms with Gasteiger partial charge in [-0.15, -0.1) is 0 Å². The number of carbonyl (C=O) groups excluding carboxylic acids is 1. The SMILES string of the molecule is COc1cc(C(=O)NCC2(c3ccccc3)CC2)c([N+](=O)[O-])cc1OC(F)F. The summed E-state index contributed by atoms with van der Waals surface area (Å²) in [6.45, 7) is -2.88. The van der Waals surface area contributed by atoms with Gasteiger partial charge in [0.1, 0.15) is 5.56 Å². The van der Waals surface area contributed by atoms with Crippen LogP contribution >= 0.6 is 0 Å². The third-order valence-corrected chi connectivity index (χ3v) is 4.77. The number of carbonyl (C=O) groups is 1. The van der Waals surface area contributed by atoms with Gasteiger partial charge >= 0.3 is 6.61 Å². The quantitative estimate of drug-likeness (QED) is 0.547. The molecule has 0 aromatic heterocycles. The van der Waals surface area contributed by atoms with Crippen LogP contribution in [-0.4, -0.2) is 31.1 Å². The number of alkyl halides is 2. The van der Waals surface area contributed by atoms with Crippen LogP contribution in [0.1, 0.15) is 28.8 Å². The van der Waals surface area contributed by atoms with E-state index in [1.807, 2.05) is 30.3 Å². The summed E-state index contributed by atoms with van der Waals surface area (Å²) in [4.78, 5) is 23.1. The van der Waals surface area contributed by atoms with E-state index in [0.29, 0.717) is 6.54 Å². The third-order valence-electron chi connectivity index (χ3n) is 4.77. The second-order valence-corrected chi connectivity index (χ2v) is 6.48. The molecule has 0 spiro atoms. The largest absolute Gasteiger partial charge is 0.493 e. The molecule has 2 aromatic rings. The Morgan fingerprint density at radius 3 is 2.46 bits per heavy atom. The first-order valence-electron chi connectivity index (χ1n) is 8.51. The van der Waals surface area contributed by atoms with Crippen molar-refractivity contribution in [3.63, 3.8) is 0 Å². The molecule has 2 aromatic carbocycles. The molecule has 148 valence electrons. The van der Waals surface area contributed by atoms with Crippen LogP contribution in [0.25, 0.3) is 0 Å². The first kappa shape index (κ1) is 19.5. The highest BCUT2D eigenvalue weighted by Gasteiger charge is 2.44. The lowest BCUT2D eigenvalue weighted by Gasteiger charge is -2.17. The van der Waals surface area contributed by atoms with Crippen LogP contribution in [0.3, 0.4) is 0 Å². The minimum absolute atomic E-state index is 0.186. The number of hydrogen-bond donors (Lipinski definition) is 1. The highest BCUT2D eigenvalue weighted by atomic mass is 19.3. The number of methoxy groups -OCH3 is 1. The van der Waals surface area contributed by atoms with Crippen LogP contribution in [0.4, 0.5) is 14.5 Å². The smallest absolute Gasteiger partial charge is 0.387 e. The van der Waals surface area contributed by atoms with Crippen molar-refractivity contribution in [1.29, 1.82) is 0 Å². The van der Waals surface area contributed by atoms with Crippen molar-refractivity contribution in [2.75, 3.05) is 13.7 Å². The summed E-state index contributed by atoms with van der Waals surface area (Å²) in [6.07, 6.45) is 1.79. The molecule has 0 heterocycles. The van der Waals surface area contributed by atoms with Crippen molar-refractivity contribution in [2.24, 2.45) is 0 Å². The molecule has 0 atom stereocenters. The van der Waals surface area contributed by atoms with Gasteiger partial charge in [-0.2, -0.15) is 8.78 Å². The van der Waals surface area contributed by atoms with Crippen molar-refractivity contribution in [2.45, 2.75) is 24.9 Å². The summed E-state index contributed by atoms with van der Waals surface area (Å²) in [5.41, 5.74) is -0.0250. The van der Waals surface area contributed by atoms with E-state index in [9.17, 15) is 23.7 Å². The normalized spacial score (nSPS) is 14.4. The van der Waals surface area contributed by atoms with Gasteiger partial charge in [-0.05, 0) is 18.4 Å². The Kier molecular flexibility index (Phi) is 5.43. The lowest BCUT2D eigenvalue weighted by atomic mass is 9.96. The van der Waals surface area contributed by atoms with E-state index in [1.165, 1.54) is 7.11 Å². The Bertz CT molecular complexity index is 885. The molecule has 28 heavy (non-hydrogen) atoms. The summed E-state index contributed by atoms with van der Waals surface area (Å²) in [5, 5.41) is 14.1. The number of halogens is 2. The maximum Gasteiger partial charge on any atom is 0.387 e. The van der Waals surface area contributed by atoms with Crippen molar-refractivity contribution >= 4 is 11.6 Å². The molecule has 3 rings (SSSR count). The van der Waals surface area contributed by atoms with E-state index in [2.05, 4.69) is 10.1 Å². The fraction of sp³-hybridized carbons (Fsp3) is 0.316. The highest BCUT2D eigenvalue weighted by Crippen LogP contribution is 2.47. The number of nitro groups is 1. The van der Waals surface area contributed by atoms with Gasteiger partial charge in [-0.3, -0.25) is 14.9 Å². The van der Waals surface area contributed by atoms with Crippen molar-refractivity contribution in [1.82, 2.24) is 5.32 Å². The molecule has 1 aliphatic carbocycles. The monoisotopic (exact) mass is 392 g/mol. The van der Waals surface area contributed by atoms with Gasteiger partial charge in [0.25, 0.3) is 11.6 Å². The number of rotatable bonds is 8. The second-order valence-electron chi connectivity index (χ2n) is 6.48. The van der Waals surface area contributed by atoms with Gasteiger partial charge in [0.15, 0.2) is 11.5 Å². The molecule has 1 N–H and O–H groups in total. The summed E-state index contributed by atoms with van der Waals surface area (Å²) < 4.78 is 34.2. The summed E-state index contributed by atoms with van der Waals surface area (Å²) in [6, 6.07) is 11.5. The Morgan fingerprint density at radius 2 is 1.93 bits per heavy atom. The first-order chi connectivity index (χ1) is 13.4. The molecule has 0 aliphatic heterocycles. The molecular formula is C19H18F2N2O5. The van der Waals surface area contributed by atoms with E-state index in [-0.39, 0.29) is 16.7 Å². The molecule has 7 nitrogen and oxygen atoms in total. The predicted molar refractivity (Wildman–Crippen MR) is 96.0 cm³/mol. The molecule has 0 bridgehead atoms. The fourth-order valence-corrected chi connectivity index (χ4v) is 3.08. The Hall–Kier alpha value is -3.23. The fourth-order valence-electron chi connectivity index (χ4n) is 3.08. The zero-order valence-electron chi connectivity index (χ0n) is 15.0. The zero-order chi connectivity index (χ0) is 20.3. The summed E-state index contributed by atoms with van der Waals surface area (Å²) in [7, 11) is 1.19. The second kappa shape index (κ2) is 7.79. The van der Waals surface area contributed by atoms with E-state index in [0.717, 1.165) is 30.5 Å². The van der Waals surface area contributed by atoms with Gasteiger partial charge in [-0.1, -0.05) is 30.3 Å². The van der Waals surface area contributed by atoms with Crippen LogP contribution in [0.2, 0.25) is 0 Å². The maximum absolute atomic E-state index is 12.6.